The predicted molar refractivity (Wildman–Crippen MR) is 60.6 cm³/mol. The van der Waals surface area contributed by atoms with Crippen molar-refractivity contribution in [1.82, 2.24) is 10.3 Å². The van der Waals surface area contributed by atoms with Crippen LogP contribution in [0.1, 0.15) is 23.0 Å². The fourth-order valence-electron chi connectivity index (χ4n) is 1.24. The molecule has 1 amide bonds. The Hall–Kier alpha value is -1.83. The van der Waals surface area contributed by atoms with Crippen LogP contribution in [0.4, 0.5) is 13.2 Å². The third-order valence-corrected chi connectivity index (χ3v) is 2.38. The highest BCUT2D eigenvalue weighted by atomic mass is 19.4. The van der Waals surface area contributed by atoms with Crippen molar-refractivity contribution in [1.29, 1.82) is 0 Å². The molecular formula is C11H13F3N2O3. The van der Waals surface area contributed by atoms with Gasteiger partial charge in [-0.3, -0.25) is 9.59 Å². The standard InChI is InChI=1S/C11H13F3N2O3/c1-6(5-17)4-15-9(18)7-2-3-8(11(12,13)14)16-10(7)19/h2-3,6,17H,4-5H2,1H3,(H,15,18)(H,16,19). The molecule has 0 aliphatic heterocycles. The Kier molecular flexibility index (Phi) is 4.71. The lowest BCUT2D eigenvalue weighted by molar-refractivity contribution is -0.141. The van der Waals surface area contributed by atoms with Gasteiger partial charge in [0.15, 0.2) is 0 Å². The Bertz CT molecular complexity index is 511. The van der Waals surface area contributed by atoms with Crippen LogP contribution in [0.5, 0.6) is 0 Å². The second-order valence-corrected chi connectivity index (χ2v) is 4.11. The van der Waals surface area contributed by atoms with Crippen molar-refractivity contribution in [2.75, 3.05) is 13.2 Å². The quantitative estimate of drug-likeness (QED) is 0.760. The molecule has 1 aromatic heterocycles. The van der Waals surface area contributed by atoms with Gasteiger partial charge >= 0.3 is 6.18 Å². The van der Waals surface area contributed by atoms with Gasteiger partial charge in [-0.25, -0.2) is 0 Å². The third kappa shape index (κ3) is 4.09. The minimum absolute atomic E-state index is 0.121. The fourth-order valence-corrected chi connectivity index (χ4v) is 1.24. The summed E-state index contributed by atoms with van der Waals surface area (Å²) >= 11 is 0. The predicted octanol–water partition coefficient (Wildman–Crippen LogP) is 0.752. The largest absolute Gasteiger partial charge is 0.431 e. The summed E-state index contributed by atoms with van der Waals surface area (Å²) in [7, 11) is 0. The Morgan fingerprint density at radius 3 is 2.58 bits per heavy atom. The van der Waals surface area contributed by atoms with E-state index < -0.39 is 28.9 Å². The lowest BCUT2D eigenvalue weighted by Crippen LogP contribution is -2.34. The van der Waals surface area contributed by atoms with E-state index in [-0.39, 0.29) is 19.1 Å². The molecule has 0 fully saturated rings. The SMILES string of the molecule is CC(CO)CNC(=O)c1ccc(C(F)(F)F)[nH]c1=O. The highest BCUT2D eigenvalue weighted by molar-refractivity contribution is 5.93. The zero-order valence-electron chi connectivity index (χ0n) is 10.0. The number of carbonyl (C=O) groups excluding carboxylic acids is 1. The number of aliphatic hydroxyl groups excluding tert-OH is 1. The number of aliphatic hydroxyl groups is 1. The number of hydrogen-bond donors (Lipinski definition) is 3. The molecule has 1 heterocycles. The van der Waals surface area contributed by atoms with E-state index in [1.54, 1.807) is 11.9 Å². The molecule has 0 radical (unpaired) electrons. The first-order valence-corrected chi connectivity index (χ1v) is 5.45. The first-order valence-electron chi connectivity index (χ1n) is 5.45. The molecule has 1 unspecified atom stereocenters. The van der Waals surface area contributed by atoms with Crippen LogP contribution in [0.15, 0.2) is 16.9 Å². The third-order valence-electron chi connectivity index (χ3n) is 2.38. The summed E-state index contributed by atoms with van der Waals surface area (Å²) in [5.74, 6) is -0.993. The van der Waals surface area contributed by atoms with Gasteiger partial charge < -0.3 is 15.4 Å². The van der Waals surface area contributed by atoms with Crippen LogP contribution in [-0.2, 0) is 6.18 Å². The maximum atomic E-state index is 12.3. The van der Waals surface area contributed by atoms with Crippen molar-refractivity contribution in [2.24, 2.45) is 5.92 Å². The van der Waals surface area contributed by atoms with Crippen LogP contribution in [0.2, 0.25) is 0 Å². The summed E-state index contributed by atoms with van der Waals surface area (Å²) in [6, 6.07) is 1.45. The van der Waals surface area contributed by atoms with Gasteiger partial charge in [-0.2, -0.15) is 13.2 Å². The average Bonchev–Trinajstić information content (AvgIpc) is 2.34. The molecule has 3 N–H and O–H groups in total. The van der Waals surface area contributed by atoms with Crippen LogP contribution in [0, 0.1) is 5.92 Å². The van der Waals surface area contributed by atoms with Crippen molar-refractivity contribution in [3.8, 4) is 0 Å². The molecule has 8 heteroatoms. The number of aromatic nitrogens is 1. The molecule has 1 atom stereocenters. The molecule has 0 aliphatic rings. The summed E-state index contributed by atoms with van der Waals surface area (Å²) < 4.78 is 36.9. The van der Waals surface area contributed by atoms with Gasteiger partial charge in [0.05, 0.1) is 0 Å². The number of hydrogen-bond acceptors (Lipinski definition) is 3. The second-order valence-electron chi connectivity index (χ2n) is 4.11. The molecule has 106 valence electrons. The Morgan fingerprint density at radius 1 is 1.47 bits per heavy atom. The maximum absolute atomic E-state index is 12.3. The van der Waals surface area contributed by atoms with Crippen LogP contribution < -0.4 is 10.9 Å². The summed E-state index contributed by atoms with van der Waals surface area (Å²) in [4.78, 5) is 24.5. The lowest BCUT2D eigenvalue weighted by Gasteiger charge is -2.10. The van der Waals surface area contributed by atoms with Gasteiger partial charge in [0, 0.05) is 13.2 Å². The van der Waals surface area contributed by atoms with E-state index in [1.165, 1.54) is 0 Å². The number of amides is 1. The van der Waals surface area contributed by atoms with E-state index in [1.807, 2.05) is 0 Å². The topological polar surface area (TPSA) is 82.2 Å². The first kappa shape index (κ1) is 15.2. The Morgan fingerprint density at radius 2 is 2.11 bits per heavy atom. The number of nitrogens with one attached hydrogen (secondary N) is 2. The number of H-pyrrole nitrogens is 1. The molecule has 0 bridgehead atoms. The lowest BCUT2D eigenvalue weighted by atomic mass is 10.2. The molecule has 0 spiro atoms. The van der Waals surface area contributed by atoms with Gasteiger partial charge in [0.25, 0.3) is 11.5 Å². The molecule has 0 aromatic carbocycles. The molecule has 0 aliphatic carbocycles. The molecule has 0 saturated carbocycles. The monoisotopic (exact) mass is 278 g/mol. The van der Waals surface area contributed by atoms with E-state index in [9.17, 15) is 22.8 Å². The number of aromatic amines is 1. The Balaban J connectivity index is 2.86. The van der Waals surface area contributed by atoms with Crippen molar-refractivity contribution >= 4 is 5.91 Å². The second kappa shape index (κ2) is 5.87. The fraction of sp³-hybridized carbons (Fsp3) is 0.455. The molecule has 19 heavy (non-hydrogen) atoms. The van der Waals surface area contributed by atoms with Gasteiger partial charge in [-0.15, -0.1) is 0 Å². The number of rotatable bonds is 4. The average molecular weight is 278 g/mol. The van der Waals surface area contributed by atoms with Gasteiger partial charge in [-0.1, -0.05) is 6.92 Å². The molecular weight excluding hydrogens is 265 g/mol. The number of alkyl halides is 3. The smallest absolute Gasteiger partial charge is 0.396 e. The van der Waals surface area contributed by atoms with E-state index in [0.29, 0.717) is 6.07 Å². The number of carbonyl (C=O) groups is 1. The van der Waals surface area contributed by atoms with E-state index in [0.717, 1.165) is 6.07 Å². The summed E-state index contributed by atoms with van der Waals surface area (Å²) in [5, 5.41) is 11.1. The maximum Gasteiger partial charge on any atom is 0.431 e. The van der Waals surface area contributed by atoms with Gasteiger partial charge in [0.1, 0.15) is 11.3 Å². The normalized spacial score (nSPS) is 13.1. The van der Waals surface area contributed by atoms with Crippen molar-refractivity contribution in [3.05, 3.63) is 33.7 Å². The minimum atomic E-state index is -4.67. The van der Waals surface area contributed by atoms with E-state index >= 15 is 0 Å². The van der Waals surface area contributed by atoms with Crippen LogP contribution in [-0.4, -0.2) is 29.1 Å². The van der Waals surface area contributed by atoms with Crippen molar-refractivity contribution in [2.45, 2.75) is 13.1 Å². The first-order chi connectivity index (χ1) is 8.75. The van der Waals surface area contributed by atoms with Crippen LogP contribution >= 0.6 is 0 Å². The highest BCUT2D eigenvalue weighted by Crippen LogP contribution is 2.26. The molecule has 1 aromatic rings. The van der Waals surface area contributed by atoms with Crippen molar-refractivity contribution < 1.29 is 23.1 Å². The Labute approximate surface area is 106 Å². The van der Waals surface area contributed by atoms with Crippen molar-refractivity contribution in [3.63, 3.8) is 0 Å². The van der Waals surface area contributed by atoms with E-state index in [4.69, 9.17) is 5.11 Å². The molecule has 0 saturated heterocycles. The summed E-state index contributed by atoms with van der Waals surface area (Å²) in [6.45, 7) is 1.64. The zero-order valence-corrected chi connectivity index (χ0v) is 10.0. The number of pyridine rings is 1. The van der Waals surface area contributed by atoms with E-state index in [2.05, 4.69) is 5.32 Å². The van der Waals surface area contributed by atoms with Crippen LogP contribution in [0.25, 0.3) is 0 Å². The minimum Gasteiger partial charge on any atom is -0.396 e. The van der Waals surface area contributed by atoms with Gasteiger partial charge in [-0.05, 0) is 18.1 Å². The molecule has 1 rings (SSSR count). The summed E-state index contributed by atoms with van der Waals surface area (Å²) in [6.07, 6.45) is -4.67. The zero-order chi connectivity index (χ0) is 14.6. The highest BCUT2D eigenvalue weighted by Gasteiger charge is 2.32. The molecule has 5 nitrogen and oxygen atoms in total. The number of halogens is 3. The van der Waals surface area contributed by atoms with Gasteiger partial charge in [0.2, 0.25) is 0 Å². The summed E-state index contributed by atoms with van der Waals surface area (Å²) in [5.41, 5.74) is -2.72. The van der Waals surface area contributed by atoms with Crippen LogP contribution in [0.3, 0.4) is 0 Å².